The van der Waals surface area contributed by atoms with Gasteiger partial charge in [-0.1, -0.05) is 0 Å². The molecule has 0 fully saturated rings. The van der Waals surface area contributed by atoms with Gasteiger partial charge in [-0.3, -0.25) is 10.1 Å². The monoisotopic (exact) mass is 262 g/mol. The minimum absolute atomic E-state index is 0.0188. The normalized spacial score (nSPS) is 11.9. The maximum Gasteiger partial charge on any atom is 0.296 e. The molecule has 1 heterocycles. The van der Waals surface area contributed by atoms with Gasteiger partial charge in [0.05, 0.1) is 36.7 Å². The Labute approximate surface area is 110 Å². The summed E-state index contributed by atoms with van der Waals surface area (Å²) < 4.78 is 9.98. The molecule has 2 aromatic rings. The highest BCUT2D eigenvalue weighted by molar-refractivity contribution is 5.64. The number of hydrogen-bond acceptors (Lipinski definition) is 5. The van der Waals surface area contributed by atoms with Crippen molar-refractivity contribution in [1.82, 2.24) is 0 Å². The first kappa shape index (κ1) is 12.9. The zero-order valence-electron chi connectivity index (χ0n) is 10.6. The van der Waals surface area contributed by atoms with E-state index in [1.807, 2.05) is 13.0 Å². The Kier molecular flexibility index (Phi) is 3.70. The number of nitrogens with zero attached hydrogens (tertiary/aromatic N) is 1. The number of nitrogens with one attached hydrogen (secondary N) is 1. The van der Waals surface area contributed by atoms with Gasteiger partial charge in [-0.25, -0.2) is 0 Å². The van der Waals surface area contributed by atoms with Crippen LogP contribution in [0.3, 0.4) is 0 Å². The van der Waals surface area contributed by atoms with Crippen LogP contribution in [-0.2, 0) is 0 Å². The molecule has 2 rings (SSSR count). The van der Waals surface area contributed by atoms with E-state index in [2.05, 4.69) is 5.32 Å². The van der Waals surface area contributed by atoms with E-state index in [0.717, 1.165) is 5.56 Å². The smallest absolute Gasteiger partial charge is 0.296 e. The van der Waals surface area contributed by atoms with E-state index >= 15 is 0 Å². The minimum atomic E-state index is -0.438. The fraction of sp³-hybridized carbons (Fsp3) is 0.231. The van der Waals surface area contributed by atoms with Crippen molar-refractivity contribution in [3.63, 3.8) is 0 Å². The topological polar surface area (TPSA) is 77.5 Å². The van der Waals surface area contributed by atoms with Crippen LogP contribution in [0.25, 0.3) is 0 Å². The van der Waals surface area contributed by atoms with Crippen LogP contribution in [0.15, 0.2) is 41.2 Å². The molecule has 1 aromatic carbocycles. The number of methoxy groups -OCH3 is 1. The molecule has 0 saturated carbocycles. The van der Waals surface area contributed by atoms with E-state index in [1.165, 1.54) is 13.2 Å². The number of anilines is 1. The van der Waals surface area contributed by atoms with Gasteiger partial charge in [0, 0.05) is 5.56 Å². The van der Waals surface area contributed by atoms with Crippen LogP contribution in [0.4, 0.5) is 11.4 Å². The first-order valence-electron chi connectivity index (χ1n) is 5.73. The number of furan rings is 1. The molecule has 6 heteroatoms. The zero-order valence-corrected chi connectivity index (χ0v) is 10.6. The molecule has 1 unspecified atom stereocenters. The summed E-state index contributed by atoms with van der Waals surface area (Å²) in [5.74, 6) is 0.452. The number of rotatable bonds is 5. The lowest BCUT2D eigenvalue weighted by Crippen LogP contribution is -2.07. The molecule has 0 aliphatic rings. The van der Waals surface area contributed by atoms with E-state index in [9.17, 15) is 10.1 Å². The molecule has 6 nitrogen and oxygen atoms in total. The molecule has 19 heavy (non-hydrogen) atoms. The van der Waals surface area contributed by atoms with Gasteiger partial charge in [-0.15, -0.1) is 0 Å². The molecule has 0 amide bonds. The number of ether oxygens (including phenoxy) is 1. The number of hydrogen-bond donors (Lipinski definition) is 1. The summed E-state index contributed by atoms with van der Waals surface area (Å²) in [6.07, 6.45) is 3.17. The zero-order chi connectivity index (χ0) is 13.8. The van der Waals surface area contributed by atoms with Crippen LogP contribution in [0.1, 0.15) is 18.5 Å². The van der Waals surface area contributed by atoms with Crippen molar-refractivity contribution < 1.29 is 14.1 Å². The third-order valence-electron chi connectivity index (χ3n) is 2.82. The first-order valence-corrected chi connectivity index (χ1v) is 5.73. The van der Waals surface area contributed by atoms with Gasteiger partial charge in [0.1, 0.15) is 11.4 Å². The highest BCUT2D eigenvalue weighted by Gasteiger charge is 2.17. The van der Waals surface area contributed by atoms with Gasteiger partial charge in [0.25, 0.3) is 5.69 Å². The standard InChI is InChI=1S/C13H14N2O4/c1-9(10-5-6-19-8-10)14-12-4-3-11(18-2)7-13(12)15(16)17/h3-9,14H,1-2H3. The molecule has 0 saturated heterocycles. The molecule has 0 radical (unpaired) electrons. The predicted octanol–water partition coefficient (Wildman–Crippen LogP) is 3.37. The van der Waals surface area contributed by atoms with E-state index < -0.39 is 4.92 Å². The van der Waals surface area contributed by atoms with E-state index in [-0.39, 0.29) is 11.7 Å². The van der Waals surface area contributed by atoms with Crippen molar-refractivity contribution in [2.45, 2.75) is 13.0 Å². The number of nitro benzene ring substituents is 1. The van der Waals surface area contributed by atoms with Crippen molar-refractivity contribution in [2.24, 2.45) is 0 Å². The molecule has 1 atom stereocenters. The summed E-state index contributed by atoms with van der Waals surface area (Å²) in [7, 11) is 1.47. The molecular formula is C13H14N2O4. The summed E-state index contributed by atoms with van der Waals surface area (Å²) in [5, 5.41) is 14.1. The van der Waals surface area contributed by atoms with E-state index in [4.69, 9.17) is 9.15 Å². The van der Waals surface area contributed by atoms with Crippen LogP contribution in [0, 0.1) is 10.1 Å². The summed E-state index contributed by atoms with van der Waals surface area (Å²) >= 11 is 0. The Balaban J connectivity index is 2.27. The average molecular weight is 262 g/mol. The molecule has 1 aromatic heterocycles. The first-order chi connectivity index (χ1) is 9.11. The molecule has 100 valence electrons. The van der Waals surface area contributed by atoms with E-state index in [0.29, 0.717) is 11.4 Å². The lowest BCUT2D eigenvalue weighted by molar-refractivity contribution is -0.384. The van der Waals surface area contributed by atoms with Crippen LogP contribution < -0.4 is 10.1 Å². The van der Waals surface area contributed by atoms with Crippen LogP contribution in [0.5, 0.6) is 5.75 Å². The SMILES string of the molecule is COc1ccc(NC(C)c2ccoc2)c([N+](=O)[O-])c1. The van der Waals surface area contributed by atoms with Crippen molar-refractivity contribution in [1.29, 1.82) is 0 Å². The molecule has 0 bridgehead atoms. The van der Waals surface area contributed by atoms with Crippen molar-refractivity contribution in [3.05, 3.63) is 52.5 Å². The Morgan fingerprint density at radius 1 is 1.42 bits per heavy atom. The highest BCUT2D eigenvalue weighted by Crippen LogP contribution is 2.31. The van der Waals surface area contributed by atoms with Gasteiger partial charge in [0.15, 0.2) is 0 Å². The lowest BCUT2D eigenvalue weighted by atomic mass is 10.1. The maximum atomic E-state index is 11.0. The van der Waals surface area contributed by atoms with Gasteiger partial charge in [0.2, 0.25) is 0 Å². The summed E-state index contributed by atoms with van der Waals surface area (Å²) in [6, 6.07) is 6.42. The van der Waals surface area contributed by atoms with Gasteiger partial charge >= 0.3 is 0 Å². The fourth-order valence-electron chi connectivity index (χ4n) is 1.75. The molecular weight excluding hydrogens is 248 g/mol. The minimum Gasteiger partial charge on any atom is -0.496 e. The molecule has 0 spiro atoms. The summed E-state index contributed by atoms with van der Waals surface area (Å²) in [4.78, 5) is 10.6. The second-order valence-electron chi connectivity index (χ2n) is 4.06. The Morgan fingerprint density at radius 2 is 2.21 bits per heavy atom. The fourth-order valence-corrected chi connectivity index (χ4v) is 1.75. The number of benzene rings is 1. The van der Waals surface area contributed by atoms with Gasteiger partial charge < -0.3 is 14.5 Å². The second kappa shape index (κ2) is 5.43. The molecule has 1 N–H and O–H groups in total. The van der Waals surface area contributed by atoms with Crippen molar-refractivity contribution >= 4 is 11.4 Å². The van der Waals surface area contributed by atoms with Crippen LogP contribution in [0.2, 0.25) is 0 Å². The Hall–Kier alpha value is -2.50. The Bertz CT molecular complexity index is 566. The Morgan fingerprint density at radius 3 is 2.79 bits per heavy atom. The largest absolute Gasteiger partial charge is 0.496 e. The highest BCUT2D eigenvalue weighted by atomic mass is 16.6. The van der Waals surface area contributed by atoms with E-state index in [1.54, 1.807) is 24.7 Å². The predicted molar refractivity (Wildman–Crippen MR) is 70.4 cm³/mol. The lowest BCUT2D eigenvalue weighted by Gasteiger charge is -2.14. The third-order valence-corrected chi connectivity index (χ3v) is 2.82. The van der Waals surface area contributed by atoms with Gasteiger partial charge in [-0.2, -0.15) is 0 Å². The third kappa shape index (κ3) is 2.85. The summed E-state index contributed by atoms with van der Waals surface area (Å²) in [5.41, 5.74) is 1.35. The maximum absolute atomic E-state index is 11.0. The van der Waals surface area contributed by atoms with Crippen LogP contribution >= 0.6 is 0 Å². The average Bonchev–Trinajstić information content (AvgIpc) is 2.92. The quantitative estimate of drug-likeness (QED) is 0.660. The summed E-state index contributed by atoms with van der Waals surface area (Å²) in [6.45, 7) is 1.90. The van der Waals surface area contributed by atoms with Gasteiger partial charge in [-0.05, 0) is 25.1 Å². The molecule has 0 aliphatic heterocycles. The van der Waals surface area contributed by atoms with Crippen molar-refractivity contribution in [3.8, 4) is 5.75 Å². The van der Waals surface area contributed by atoms with Crippen LogP contribution in [-0.4, -0.2) is 12.0 Å². The second-order valence-corrected chi connectivity index (χ2v) is 4.06. The molecule has 0 aliphatic carbocycles. The van der Waals surface area contributed by atoms with Crippen molar-refractivity contribution in [2.75, 3.05) is 12.4 Å². The number of nitro groups is 1.